The van der Waals surface area contributed by atoms with Crippen molar-refractivity contribution in [3.05, 3.63) is 22.5 Å². The minimum Gasteiger partial charge on any atom is -0.477 e. The smallest absolute Gasteiger partial charge is 0.352 e. The Morgan fingerprint density at radius 1 is 1.00 bits per heavy atom. The third-order valence-corrected chi connectivity index (χ3v) is 3.90. The lowest BCUT2D eigenvalue weighted by molar-refractivity contribution is -0.116. The number of aromatic carboxylic acids is 2. The van der Waals surface area contributed by atoms with Crippen LogP contribution < -0.4 is 0 Å². The summed E-state index contributed by atoms with van der Waals surface area (Å²) in [6.45, 7) is 0.935. The molecule has 0 saturated heterocycles. The van der Waals surface area contributed by atoms with Crippen LogP contribution in [0.2, 0.25) is 0 Å². The van der Waals surface area contributed by atoms with Gasteiger partial charge in [0.15, 0.2) is 0 Å². The number of hydrogen-bond acceptors (Lipinski definition) is 7. The van der Waals surface area contributed by atoms with Crippen LogP contribution in [0.1, 0.15) is 58.0 Å². The summed E-state index contributed by atoms with van der Waals surface area (Å²) >= 11 is 0. The number of H-pyrrole nitrogens is 1. The summed E-state index contributed by atoms with van der Waals surface area (Å²) in [6, 6.07) is 0. The number of unbranched alkanes of at least 4 members (excludes halogenated alkanes) is 1. The molecule has 0 aliphatic heterocycles. The molecule has 0 spiro atoms. The maximum atomic E-state index is 11.4. The number of aliphatic hydroxyl groups excluding tert-OH is 5. The fourth-order valence-corrected chi connectivity index (χ4v) is 2.54. The molecule has 25 heavy (non-hydrogen) atoms. The Morgan fingerprint density at radius 2 is 1.56 bits per heavy atom. The van der Waals surface area contributed by atoms with Gasteiger partial charge in [0, 0.05) is 5.56 Å². The fourth-order valence-electron chi connectivity index (χ4n) is 2.54. The molecule has 0 amide bonds. The number of rotatable bonds is 10. The molecule has 0 saturated carbocycles. The molecule has 1 heterocycles. The Bertz CT molecular complexity index is 612. The molecular formula is C15H23NO9. The van der Waals surface area contributed by atoms with Crippen LogP contribution in [-0.4, -0.2) is 77.6 Å². The van der Waals surface area contributed by atoms with Crippen molar-refractivity contribution in [2.24, 2.45) is 0 Å². The van der Waals surface area contributed by atoms with Gasteiger partial charge in [-0.25, -0.2) is 9.59 Å². The van der Waals surface area contributed by atoms with Gasteiger partial charge in [0.1, 0.15) is 35.8 Å². The summed E-state index contributed by atoms with van der Waals surface area (Å²) in [5.41, 5.74) is -1.41. The topological polar surface area (TPSA) is 192 Å². The lowest BCUT2D eigenvalue weighted by Crippen LogP contribution is -2.43. The highest BCUT2D eigenvalue weighted by Gasteiger charge is 2.37. The van der Waals surface area contributed by atoms with E-state index in [1.807, 2.05) is 6.92 Å². The van der Waals surface area contributed by atoms with Crippen molar-refractivity contribution in [2.75, 3.05) is 6.61 Å². The summed E-state index contributed by atoms with van der Waals surface area (Å²) in [5.74, 6) is -2.99. The maximum absolute atomic E-state index is 11.4. The maximum Gasteiger partial charge on any atom is 0.352 e. The zero-order chi connectivity index (χ0) is 19.3. The quantitative estimate of drug-likeness (QED) is 0.254. The Kier molecular flexibility index (Phi) is 7.52. The van der Waals surface area contributed by atoms with Crippen molar-refractivity contribution in [3.63, 3.8) is 0 Å². The van der Waals surface area contributed by atoms with Crippen LogP contribution in [0.4, 0.5) is 0 Å². The van der Waals surface area contributed by atoms with Gasteiger partial charge in [-0.2, -0.15) is 0 Å². The average Bonchev–Trinajstić information content (AvgIpc) is 2.96. The molecule has 0 bridgehead atoms. The van der Waals surface area contributed by atoms with Crippen molar-refractivity contribution >= 4 is 11.9 Å². The van der Waals surface area contributed by atoms with Gasteiger partial charge in [-0.1, -0.05) is 13.3 Å². The van der Waals surface area contributed by atoms with E-state index in [1.165, 1.54) is 0 Å². The van der Waals surface area contributed by atoms with Gasteiger partial charge >= 0.3 is 11.9 Å². The number of aromatic amines is 1. The van der Waals surface area contributed by atoms with Gasteiger partial charge in [-0.3, -0.25) is 0 Å². The first-order valence-electron chi connectivity index (χ1n) is 7.71. The molecule has 0 aromatic carbocycles. The number of carboxylic acid groups (broad SMARTS) is 2. The molecule has 0 aliphatic carbocycles. The van der Waals surface area contributed by atoms with Crippen LogP contribution in [-0.2, 0) is 6.42 Å². The summed E-state index contributed by atoms with van der Waals surface area (Å²) in [6.07, 6.45) is -6.49. The van der Waals surface area contributed by atoms with E-state index < -0.39 is 54.3 Å². The van der Waals surface area contributed by atoms with Crippen molar-refractivity contribution in [1.29, 1.82) is 0 Å². The predicted molar refractivity (Wildman–Crippen MR) is 83.4 cm³/mol. The minimum atomic E-state index is -2.04. The molecule has 0 aliphatic rings. The molecule has 4 atom stereocenters. The van der Waals surface area contributed by atoms with Gasteiger partial charge in [-0.15, -0.1) is 0 Å². The van der Waals surface area contributed by atoms with Crippen LogP contribution in [0.3, 0.4) is 0 Å². The van der Waals surface area contributed by atoms with E-state index in [-0.39, 0.29) is 17.5 Å². The molecule has 1 aromatic heterocycles. The zero-order valence-electron chi connectivity index (χ0n) is 13.6. The van der Waals surface area contributed by atoms with Crippen LogP contribution in [0.5, 0.6) is 0 Å². The molecular weight excluding hydrogens is 338 g/mol. The number of hydrogen-bond donors (Lipinski definition) is 8. The Labute approximate surface area is 143 Å². The van der Waals surface area contributed by atoms with Crippen molar-refractivity contribution < 1.29 is 45.3 Å². The van der Waals surface area contributed by atoms with Gasteiger partial charge < -0.3 is 40.7 Å². The first-order chi connectivity index (χ1) is 11.7. The lowest BCUT2D eigenvalue weighted by Gasteiger charge is -2.26. The highest BCUT2D eigenvalue weighted by atomic mass is 16.4. The summed E-state index contributed by atoms with van der Waals surface area (Å²) in [4.78, 5) is 25.0. The number of aliphatic hydroxyl groups is 5. The normalized spacial score (nSPS) is 16.2. The van der Waals surface area contributed by atoms with Crippen LogP contribution >= 0.6 is 0 Å². The van der Waals surface area contributed by atoms with Gasteiger partial charge in [0.2, 0.25) is 0 Å². The van der Waals surface area contributed by atoms with E-state index in [0.29, 0.717) is 12.8 Å². The number of carbonyl (C=O) groups is 2. The van der Waals surface area contributed by atoms with E-state index >= 15 is 0 Å². The van der Waals surface area contributed by atoms with Gasteiger partial charge in [-0.05, 0) is 18.4 Å². The second kappa shape index (κ2) is 8.92. The SMILES string of the molecule is CCCCc1c(C(=O)O)[nH]c(C(=O)O)c1[C@H](O)[C@H](O)[C@H](O)[C@H](O)CO. The van der Waals surface area contributed by atoms with Crippen LogP contribution in [0, 0.1) is 0 Å². The van der Waals surface area contributed by atoms with Crippen molar-refractivity contribution in [3.8, 4) is 0 Å². The highest BCUT2D eigenvalue weighted by molar-refractivity contribution is 5.94. The largest absolute Gasteiger partial charge is 0.477 e. The Balaban J connectivity index is 3.43. The molecule has 0 fully saturated rings. The van der Waals surface area contributed by atoms with E-state index in [9.17, 15) is 40.2 Å². The van der Waals surface area contributed by atoms with E-state index in [2.05, 4.69) is 4.98 Å². The molecule has 1 aromatic rings. The zero-order valence-corrected chi connectivity index (χ0v) is 13.6. The van der Waals surface area contributed by atoms with Crippen molar-refractivity contribution in [2.45, 2.75) is 50.6 Å². The second-order valence-corrected chi connectivity index (χ2v) is 5.66. The van der Waals surface area contributed by atoms with Crippen molar-refractivity contribution in [1.82, 2.24) is 4.98 Å². The molecule has 142 valence electrons. The first-order valence-corrected chi connectivity index (χ1v) is 7.71. The van der Waals surface area contributed by atoms with Gasteiger partial charge in [0.25, 0.3) is 0 Å². The summed E-state index contributed by atoms with van der Waals surface area (Å²) in [5, 5.41) is 66.8. The first kappa shape index (κ1) is 21.1. The van der Waals surface area contributed by atoms with Gasteiger partial charge in [0.05, 0.1) is 6.61 Å². The molecule has 0 unspecified atom stereocenters. The minimum absolute atomic E-state index is 0.00369. The third-order valence-electron chi connectivity index (χ3n) is 3.90. The van der Waals surface area contributed by atoms with Crippen LogP contribution in [0.15, 0.2) is 0 Å². The highest BCUT2D eigenvalue weighted by Crippen LogP contribution is 2.31. The summed E-state index contributed by atoms with van der Waals surface area (Å²) < 4.78 is 0. The Hall–Kier alpha value is -1.98. The lowest BCUT2D eigenvalue weighted by atomic mass is 9.92. The van der Waals surface area contributed by atoms with E-state index in [0.717, 1.165) is 0 Å². The molecule has 8 N–H and O–H groups in total. The van der Waals surface area contributed by atoms with E-state index in [1.54, 1.807) is 0 Å². The fraction of sp³-hybridized carbons (Fsp3) is 0.600. The average molecular weight is 361 g/mol. The number of carboxylic acids is 2. The number of nitrogens with one attached hydrogen (secondary N) is 1. The van der Waals surface area contributed by atoms with E-state index in [4.69, 9.17) is 5.11 Å². The van der Waals surface area contributed by atoms with Crippen LogP contribution in [0.25, 0.3) is 0 Å². The molecule has 10 heteroatoms. The Morgan fingerprint density at radius 3 is 2.00 bits per heavy atom. The number of aromatic nitrogens is 1. The monoisotopic (exact) mass is 361 g/mol. The predicted octanol–water partition coefficient (Wildman–Crippen LogP) is -1.14. The second-order valence-electron chi connectivity index (χ2n) is 5.66. The molecule has 10 nitrogen and oxygen atoms in total. The molecule has 0 radical (unpaired) electrons. The molecule has 1 rings (SSSR count). The third kappa shape index (κ3) is 4.55. The summed E-state index contributed by atoms with van der Waals surface area (Å²) in [7, 11) is 0. The standard InChI is InChI=1S/C15H23NO9/c1-2-3-4-6-8(10(15(24)25)16-9(6)14(22)23)12(20)13(21)11(19)7(18)5-17/h7,11-13,16-21H,2-5H2,1H3,(H,22,23)(H,24,25)/t7-,11-,12+,13-/m1/s1.